The Labute approximate surface area is 912 Å². The quantitative estimate of drug-likeness (QED) is 0.0841. The molecule has 16 aromatic carbocycles. The Morgan fingerprint density at radius 1 is 0.279 bits per heavy atom. The van der Waals surface area contributed by atoms with Crippen molar-refractivity contribution in [1.29, 1.82) is 0 Å². The van der Waals surface area contributed by atoms with Gasteiger partial charge in [-0.1, -0.05) is 229 Å². The average Bonchev–Trinajstić information content (AvgIpc) is 1.64. The van der Waals surface area contributed by atoms with Gasteiger partial charge >= 0.3 is 0 Å². The molecule has 0 aliphatic heterocycles. The van der Waals surface area contributed by atoms with Crippen molar-refractivity contribution in [2.45, 2.75) is 41.5 Å². The van der Waals surface area contributed by atoms with Crippen LogP contribution in [0.25, 0.3) is 146 Å². The van der Waals surface area contributed by atoms with Crippen molar-refractivity contribution in [2.24, 2.45) is 7.05 Å². The van der Waals surface area contributed by atoms with Crippen molar-refractivity contribution in [1.82, 2.24) is 83.6 Å². The molecule has 147 heavy (non-hydrogen) atoms. The van der Waals surface area contributed by atoms with Gasteiger partial charge < -0.3 is 8.98 Å². The van der Waals surface area contributed by atoms with E-state index in [1.165, 1.54) is 55.6 Å². The van der Waals surface area contributed by atoms with E-state index in [2.05, 4.69) is 290 Å². The van der Waals surface area contributed by atoms with Crippen molar-refractivity contribution in [3.8, 4) is 146 Å². The number of hydrogen-bond acceptors (Lipinski definition) is 11. The summed E-state index contributed by atoms with van der Waals surface area (Å²) in [6.07, 6.45) is 14.5. The summed E-state index contributed by atoms with van der Waals surface area (Å²) in [6.45, 7) is 12.2. The third kappa shape index (κ3) is 29.5. The van der Waals surface area contributed by atoms with Crippen molar-refractivity contribution in [2.75, 3.05) is 0 Å². The van der Waals surface area contributed by atoms with Gasteiger partial charge in [-0.2, -0.15) is 181 Å². The van der Waals surface area contributed by atoms with Gasteiger partial charge in [0.25, 0.3) is 0 Å². The summed E-state index contributed by atoms with van der Waals surface area (Å²) in [5, 5.41) is 35.2. The van der Waals surface area contributed by atoms with Crippen LogP contribution in [-0.2, 0) is 87.5 Å². The monoisotopic (exact) mass is 2630 g/mol. The third-order valence-corrected chi connectivity index (χ3v) is 22.8. The van der Waals surface area contributed by atoms with Gasteiger partial charge in [-0.3, -0.25) is 28.7 Å². The zero-order valence-corrected chi connectivity index (χ0v) is 91.0. The molecule has 734 valence electrons. The Hall–Kier alpha value is -16.3. The van der Waals surface area contributed by atoms with Gasteiger partial charge in [-0.05, 0) is 143 Å². The Morgan fingerprint density at radius 3 is 1.02 bits per heavy atom. The molecule has 0 aliphatic carbocycles. The molecule has 0 bridgehead atoms. The Morgan fingerprint density at radius 2 is 0.639 bits per heavy atom. The van der Waals surface area contributed by atoms with Gasteiger partial charge in [-0.15, -0.1) is 108 Å². The first kappa shape index (κ1) is 108. The van der Waals surface area contributed by atoms with Crippen molar-refractivity contribution >= 4 is 0 Å². The molecular weight excluding hydrogens is 2520 g/mol. The van der Waals surface area contributed by atoms with Crippen molar-refractivity contribution in [3.63, 3.8) is 0 Å². The van der Waals surface area contributed by atoms with E-state index in [1.54, 1.807) is 34.3 Å². The van der Waals surface area contributed by atoms with E-state index in [1.807, 2.05) is 325 Å². The zero-order valence-electron chi connectivity index (χ0n) is 81.4. The molecule has 0 aliphatic rings. The second-order valence-electron chi connectivity index (χ2n) is 32.9. The number of aryl methyl sites for hydroxylation is 6. The molecule has 0 spiro atoms. The molecule has 0 amide bonds. The number of hydrogen-bond donors (Lipinski definition) is 0. The predicted octanol–water partition coefficient (Wildman–Crippen LogP) is 28.0. The minimum Gasteiger partial charge on any atom is -0.489 e. The second-order valence-corrected chi connectivity index (χ2v) is 32.9. The van der Waals surface area contributed by atoms with Crippen LogP contribution in [0.2, 0.25) is 0 Å². The maximum atomic E-state index is 5.08. The maximum Gasteiger partial charge on any atom is 0.140 e. The average molecular weight is 2620 g/mol. The third-order valence-electron chi connectivity index (χ3n) is 22.8. The number of rotatable bonds is 16. The number of para-hydroxylation sites is 6. The van der Waals surface area contributed by atoms with Gasteiger partial charge in [0.1, 0.15) is 17.3 Å². The topological polar surface area (TPSA) is 177 Å². The largest absolute Gasteiger partial charge is 0.489 e. The molecule has 24 aromatic rings. The summed E-state index contributed by atoms with van der Waals surface area (Å²) >= 11 is 0. The van der Waals surface area contributed by atoms with E-state index in [9.17, 15) is 0 Å². The number of imidazole rings is 1. The summed E-state index contributed by atoms with van der Waals surface area (Å²) < 4.78 is 16.4. The van der Waals surface area contributed by atoms with E-state index in [0.717, 1.165) is 119 Å². The van der Waals surface area contributed by atoms with Crippen LogP contribution in [0, 0.1) is 90.1 Å². The molecule has 0 unspecified atom stereocenters. The van der Waals surface area contributed by atoms with Gasteiger partial charge in [0.15, 0.2) is 0 Å². The summed E-state index contributed by atoms with van der Waals surface area (Å²) in [4.78, 5) is 9.80. The number of oxazole rings is 1. The van der Waals surface area contributed by atoms with Crippen LogP contribution < -0.4 is 0 Å². The molecule has 0 N–H and O–H groups in total. The molecule has 18 nitrogen and oxygen atoms in total. The van der Waals surface area contributed by atoms with Crippen molar-refractivity contribution < 1.29 is 84.8 Å². The molecule has 8 aromatic heterocycles. The first-order valence-corrected chi connectivity index (χ1v) is 46.6. The Balaban J connectivity index is 0.000000142. The minimum absolute atomic E-state index is 0. The molecule has 0 atom stereocenters. The van der Waals surface area contributed by atoms with Crippen LogP contribution in [0.4, 0.5) is 0 Å². The molecule has 0 saturated carbocycles. The number of nitrogens with zero attached hydrogens (tertiary/aromatic N) is 17. The Bertz CT molecular complexity index is 7470. The van der Waals surface area contributed by atoms with E-state index in [4.69, 9.17) is 9.52 Å². The Kier molecular flexibility index (Phi) is 40.3. The molecule has 0 saturated heterocycles. The fourth-order valence-electron chi connectivity index (χ4n) is 15.7. The first-order chi connectivity index (χ1) is 70.3. The second kappa shape index (κ2) is 54.9. The zero-order chi connectivity index (χ0) is 98.1. The van der Waals surface area contributed by atoms with E-state index in [0.29, 0.717) is 5.89 Å². The fraction of sp³-hybridized carbons (Fsp3) is 0.0560. The maximum absolute atomic E-state index is 5.08. The summed E-state index contributed by atoms with van der Waals surface area (Å²) in [7, 11) is 1.98. The van der Waals surface area contributed by atoms with Gasteiger partial charge in [0.05, 0.1) is 54.0 Å². The fourth-order valence-corrected chi connectivity index (χ4v) is 15.7. The van der Waals surface area contributed by atoms with Crippen LogP contribution >= 0.6 is 0 Å². The van der Waals surface area contributed by atoms with Crippen LogP contribution in [0.1, 0.15) is 34.2 Å². The minimum atomic E-state index is 0. The van der Waals surface area contributed by atoms with Gasteiger partial charge in [-0.25, -0.2) is 4.68 Å². The smallest absolute Gasteiger partial charge is 0.140 e. The number of benzene rings is 16. The summed E-state index contributed by atoms with van der Waals surface area (Å²) in [5.74, 6) is 1.57. The standard InChI is InChI=1S/C23H19N2.C21H15N2.2C20H14N3.2C11H11N2.C10H9N2.C9H6NO.4Ir/c1-17-23(18(2)25(24-17)22-11-7-4-8-12-22)21-15-13-20(14-16-21)19-9-5-3-6-10-19;1-3-7-17(8-4-1)18-11-13-19(14-12-18)20-15-22-23(16-20)21-9-5-2-6-10-21;1-3-7-16(8-4-1)17-11-13-18(14-12-17)20-15-23(22-21-20)19-9-5-2-6-10-19;1-3-7-16(8-4-1)17-11-13-18(14-12-17)20-15-21-23(22-20)19-9-5-2-6-10-19;2*1-9-8-10(2)13(12-9)11-6-4-3-5-7-11;1-12-8-7-11-10(12)9-5-3-2-4-6-9;1-2-4-8(5-3-1)9-10-6-7-11-9;;;;/h3-11,13-16H,1-2H3;1-9,11-16H;2*1-9,11-15H;2*3-6,8H,1-2H3;2-5,7-8H,1H3;1-4,6-7H;;;;/q8*-1;;;;. The molecular formula is C125H99Ir4N17O-8. The van der Waals surface area contributed by atoms with E-state index < -0.39 is 0 Å². The normalized spacial score (nSPS) is 10.2. The van der Waals surface area contributed by atoms with Crippen LogP contribution in [-0.4, -0.2) is 83.6 Å². The van der Waals surface area contributed by atoms with Crippen molar-refractivity contribution in [3.05, 3.63) is 557 Å². The van der Waals surface area contributed by atoms with E-state index in [-0.39, 0.29) is 80.4 Å². The van der Waals surface area contributed by atoms with Crippen LogP contribution in [0.15, 0.2) is 479 Å². The van der Waals surface area contributed by atoms with Crippen LogP contribution in [0.3, 0.4) is 0 Å². The first-order valence-electron chi connectivity index (χ1n) is 46.6. The number of aromatic nitrogens is 17. The molecule has 22 heteroatoms. The van der Waals surface area contributed by atoms with Gasteiger partial charge in [0, 0.05) is 145 Å². The summed E-state index contributed by atoms with van der Waals surface area (Å²) in [5.41, 5.74) is 32.2. The molecule has 4 radical (unpaired) electrons. The van der Waals surface area contributed by atoms with Crippen LogP contribution in [0.5, 0.6) is 0 Å². The predicted molar refractivity (Wildman–Crippen MR) is 570 cm³/mol. The summed E-state index contributed by atoms with van der Waals surface area (Å²) in [6, 6.07) is 167. The molecule has 0 fully saturated rings. The SMILES string of the molecule is Cc1cc(C)n(-c2[c-]cccc2)n1.Cc1cc(C)n(-c2[c-]cccc2)n1.Cc1nn(-c2[c-]cccc2)c(C)c1-c1ccc(-c2ccccc2)cc1.Cn1ccnc1-c1[c-]cccc1.[Ir].[Ir].[Ir].[Ir].[c-]1ccccc1-c1ncco1.[c-]1ccccc1-n1cc(-c2ccc(-c3ccccc3)cc2)cn1.[c-]1ccccc1-n1cc(-c2ccc(-c3ccccc3)cc2)nn1.[c-]1ccccc1-n1ncc(-c2ccc(-c3ccccc3)cc2)n1. The molecule has 8 heterocycles. The molecule has 24 rings (SSSR count). The van der Waals surface area contributed by atoms with Gasteiger partial charge in [0.2, 0.25) is 0 Å². The van der Waals surface area contributed by atoms with E-state index >= 15 is 0 Å².